The molecule has 1 unspecified atom stereocenters. The van der Waals surface area contributed by atoms with Gasteiger partial charge in [0, 0.05) is 6.54 Å². The Labute approximate surface area is 104 Å². The first kappa shape index (κ1) is 14.2. The second-order valence-electron chi connectivity index (χ2n) is 4.85. The summed E-state index contributed by atoms with van der Waals surface area (Å²) in [7, 11) is 0. The lowest BCUT2D eigenvalue weighted by atomic mass is 9.96. The molecule has 1 atom stereocenters. The van der Waals surface area contributed by atoms with Gasteiger partial charge in [-0.25, -0.2) is 0 Å². The molecule has 0 aliphatic rings. The summed E-state index contributed by atoms with van der Waals surface area (Å²) in [5.41, 5.74) is 7.89. The van der Waals surface area contributed by atoms with E-state index in [4.69, 9.17) is 10.8 Å². The molecule has 0 bridgehead atoms. The van der Waals surface area contributed by atoms with Crippen LogP contribution in [0.15, 0.2) is 24.3 Å². The van der Waals surface area contributed by atoms with Gasteiger partial charge in [0.05, 0.1) is 6.61 Å². The Kier molecular flexibility index (Phi) is 6.19. The van der Waals surface area contributed by atoms with Gasteiger partial charge in [-0.1, -0.05) is 38.1 Å². The summed E-state index contributed by atoms with van der Waals surface area (Å²) in [4.78, 5) is 0. The summed E-state index contributed by atoms with van der Waals surface area (Å²) in [5.74, 6) is 1.13. The van der Waals surface area contributed by atoms with Crippen LogP contribution in [0.1, 0.15) is 25.0 Å². The van der Waals surface area contributed by atoms with Gasteiger partial charge in [0.1, 0.15) is 0 Å². The van der Waals surface area contributed by atoms with Crippen molar-refractivity contribution in [2.45, 2.75) is 27.0 Å². The van der Waals surface area contributed by atoms with E-state index in [1.54, 1.807) is 0 Å². The Hall–Kier alpha value is -0.900. The SMILES string of the molecule is CC(C)C(CN)CNCc1cccc(CO)c1. The van der Waals surface area contributed by atoms with Gasteiger partial charge in [-0.15, -0.1) is 0 Å². The molecule has 0 heterocycles. The van der Waals surface area contributed by atoms with Crippen molar-refractivity contribution in [2.75, 3.05) is 13.1 Å². The lowest BCUT2D eigenvalue weighted by Gasteiger charge is -2.19. The Morgan fingerprint density at radius 1 is 1.29 bits per heavy atom. The van der Waals surface area contributed by atoms with Gasteiger partial charge in [-0.05, 0) is 36.1 Å². The molecule has 1 aromatic rings. The smallest absolute Gasteiger partial charge is 0.0681 e. The largest absolute Gasteiger partial charge is 0.392 e. The maximum Gasteiger partial charge on any atom is 0.0681 e. The Morgan fingerprint density at radius 2 is 2.00 bits per heavy atom. The van der Waals surface area contributed by atoms with Gasteiger partial charge >= 0.3 is 0 Å². The molecule has 0 fully saturated rings. The topological polar surface area (TPSA) is 58.3 Å². The van der Waals surface area contributed by atoms with Crippen LogP contribution in [0.25, 0.3) is 0 Å². The maximum absolute atomic E-state index is 9.05. The van der Waals surface area contributed by atoms with Crippen LogP contribution in [0.3, 0.4) is 0 Å². The quantitative estimate of drug-likeness (QED) is 0.672. The van der Waals surface area contributed by atoms with E-state index in [-0.39, 0.29) is 6.61 Å². The highest BCUT2D eigenvalue weighted by Gasteiger charge is 2.10. The highest BCUT2D eigenvalue weighted by Crippen LogP contribution is 2.09. The van der Waals surface area contributed by atoms with E-state index in [0.29, 0.717) is 11.8 Å². The number of hydrogen-bond acceptors (Lipinski definition) is 3. The van der Waals surface area contributed by atoms with Crippen molar-refractivity contribution in [3.63, 3.8) is 0 Å². The van der Waals surface area contributed by atoms with Crippen LogP contribution in [-0.2, 0) is 13.2 Å². The molecule has 0 saturated heterocycles. The van der Waals surface area contributed by atoms with E-state index in [1.165, 1.54) is 5.56 Å². The molecule has 0 amide bonds. The van der Waals surface area contributed by atoms with Crippen molar-refractivity contribution >= 4 is 0 Å². The lowest BCUT2D eigenvalue weighted by molar-refractivity contribution is 0.281. The van der Waals surface area contributed by atoms with Crippen molar-refractivity contribution in [3.8, 4) is 0 Å². The first-order valence-electron chi connectivity index (χ1n) is 6.26. The van der Waals surface area contributed by atoms with Gasteiger partial charge in [0.25, 0.3) is 0 Å². The van der Waals surface area contributed by atoms with Gasteiger partial charge in [-0.2, -0.15) is 0 Å². The standard InChI is InChI=1S/C14H24N2O/c1-11(2)14(7-15)9-16-8-12-4-3-5-13(6-12)10-17/h3-6,11,14,16-17H,7-10,15H2,1-2H3. The van der Waals surface area contributed by atoms with Crippen molar-refractivity contribution in [1.29, 1.82) is 0 Å². The third kappa shape index (κ3) is 4.86. The molecule has 1 aromatic carbocycles. The van der Waals surface area contributed by atoms with Crippen LogP contribution in [-0.4, -0.2) is 18.2 Å². The predicted molar refractivity (Wildman–Crippen MR) is 71.5 cm³/mol. The molecule has 0 aliphatic carbocycles. The predicted octanol–water partition coefficient (Wildman–Crippen LogP) is 1.50. The molecular formula is C14H24N2O. The Bertz CT molecular complexity index is 326. The average molecular weight is 236 g/mol. The number of rotatable bonds is 7. The number of nitrogens with two attached hydrogens (primary N) is 1. The van der Waals surface area contributed by atoms with E-state index in [0.717, 1.165) is 25.2 Å². The minimum absolute atomic E-state index is 0.102. The minimum atomic E-state index is 0.102. The fourth-order valence-corrected chi connectivity index (χ4v) is 1.83. The highest BCUT2D eigenvalue weighted by atomic mass is 16.3. The van der Waals surface area contributed by atoms with Gasteiger partial charge in [0.15, 0.2) is 0 Å². The molecule has 0 spiro atoms. The number of nitrogens with one attached hydrogen (secondary N) is 1. The molecule has 1 rings (SSSR count). The van der Waals surface area contributed by atoms with Crippen LogP contribution >= 0.6 is 0 Å². The van der Waals surface area contributed by atoms with E-state index in [1.807, 2.05) is 18.2 Å². The van der Waals surface area contributed by atoms with Crippen molar-refractivity contribution in [2.24, 2.45) is 17.6 Å². The molecular weight excluding hydrogens is 212 g/mol. The summed E-state index contributed by atoms with van der Waals surface area (Å²) in [6.45, 7) is 7.00. The van der Waals surface area contributed by atoms with Crippen molar-refractivity contribution < 1.29 is 5.11 Å². The zero-order valence-corrected chi connectivity index (χ0v) is 10.8. The molecule has 0 saturated carbocycles. The van der Waals surface area contributed by atoms with E-state index in [2.05, 4.69) is 25.2 Å². The third-order valence-electron chi connectivity index (χ3n) is 3.16. The average Bonchev–Trinajstić information content (AvgIpc) is 2.34. The first-order chi connectivity index (χ1) is 8.17. The number of aliphatic hydroxyl groups is 1. The maximum atomic E-state index is 9.05. The molecule has 96 valence electrons. The van der Waals surface area contributed by atoms with Crippen molar-refractivity contribution in [3.05, 3.63) is 35.4 Å². The summed E-state index contributed by atoms with van der Waals surface area (Å²) >= 11 is 0. The fraction of sp³-hybridized carbons (Fsp3) is 0.571. The number of hydrogen-bond donors (Lipinski definition) is 3. The van der Waals surface area contributed by atoms with Crippen LogP contribution in [0.2, 0.25) is 0 Å². The number of benzene rings is 1. The molecule has 0 radical (unpaired) electrons. The second-order valence-corrected chi connectivity index (χ2v) is 4.85. The molecule has 17 heavy (non-hydrogen) atoms. The zero-order valence-electron chi connectivity index (χ0n) is 10.8. The van der Waals surface area contributed by atoms with Crippen molar-refractivity contribution in [1.82, 2.24) is 5.32 Å². The minimum Gasteiger partial charge on any atom is -0.392 e. The van der Waals surface area contributed by atoms with E-state index < -0.39 is 0 Å². The lowest BCUT2D eigenvalue weighted by Crippen LogP contribution is -2.31. The van der Waals surface area contributed by atoms with Gasteiger partial charge in [0.2, 0.25) is 0 Å². The summed E-state index contributed by atoms with van der Waals surface area (Å²) in [6, 6.07) is 8.00. The molecule has 3 heteroatoms. The molecule has 0 aromatic heterocycles. The monoisotopic (exact) mass is 236 g/mol. The first-order valence-corrected chi connectivity index (χ1v) is 6.26. The molecule has 4 N–H and O–H groups in total. The molecule has 3 nitrogen and oxygen atoms in total. The Balaban J connectivity index is 2.39. The van der Waals surface area contributed by atoms with Crippen LogP contribution in [0.4, 0.5) is 0 Å². The van der Waals surface area contributed by atoms with Crippen LogP contribution in [0.5, 0.6) is 0 Å². The fourth-order valence-electron chi connectivity index (χ4n) is 1.83. The molecule has 0 aliphatic heterocycles. The highest BCUT2D eigenvalue weighted by molar-refractivity contribution is 5.22. The summed E-state index contributed by atoms with van der Waals surface area (Å²) < 4.78 is 0. The summed E-state index contributed by atoms with van der Waals surface area (Å²) in [6.07, 6.45) is 0. The zero-order chi connectivity index (χ0) is 12.7. The number of aliphatic hydroxyl groups excluding tert-OH is 1. The van der Waals surface area contributed by atoms with E-state index in [9.17, 15) is 0 Å². The second kappa shape index (κ2) is 7.43. The van der Waals surface area contributed by atoms with Crippen LogP contribution < -0.4 is 11.1 Å². The Morgan fingerprint density at radius 3 is 2.59 bits per heavy atom. The van der Waals surface area contributed by atoms with Gasteiger partial charge < -0.3 is 16.2 Å². The van der Waals surface area contributed by atoms with E-state index >= 15 is 0 Å². The third-order valence-corrected chi connectivity index (χ3v) is 3.16. The normalized spacial score (nSPS) is 13.0. The van der Waals surface area contributed by atoms with Crippen LogP contribution in [0, 0.1) is 11.8 Å². The van der Waals surface area contributed by atoms with Gasteiger partial charge in [-0.3, -0.25) is 0 Å². The summed E-state index contributed by atoms with van der Waals surface area (Å²) in [5, 5.41) is 12.5.